The fraction of sp³-hybridized carbons (Fsp3) is 0.512. The highest BCUT2D eigenvalue weighted by Gasteiger charge is 2.38. The first-order valence-corrected chi connectivity index (χ1v) is 18.4. The molecule has 1 saturated carbocycles. The molecule has 0 spiro atoms. The van der Waals surface area contributed by atoms with Gasteiger partial charge in [0, 0.05) is 30.3 Å². The lowest BCUT2D eigenvalue weighted by Gasteiger charge is -2.36. The Morgan fingerprint density at radius 2 is 1.85 bits per heavy atom. The molecular formula is C41H53F3N4O4. The van der Waals surface area contributed by atoms with Crippen LogP contribution >= 0.6 is 0 Å². The van der Waals surface area contributed by atoms with Gasteiger partial charge in [-0.3, -0.25) is 14.6 Å². The molecule has 52 heavy (non-hydrogen) atoms. The molecule has 1 amide bonds. The Kier molecular flexibility index (Phi) is 13.5. The molecule has 1 aliphatic heterocycles. The summed E-state index contributed by atoms with van der Waals surface area (Å²) in [5.41, 5.74) is 5.23. The van der Waals surface area contributed by atoms with Crippen molar-refractivity contribution in [3.8, 4) is 17.2 Å². The number of carbonyl (C=O) groups is 2. The third-order valence-electron chi connectivity index (χ3n) is 10.0. The van der Waals surface area contributed by atoms with E-state index in [-0.39, 0.29) is 52.0 Å². The van der Waals surface area contributed by atoms with E-state index in [0.717, 1.165) is 54.6 Å². The number of amides is 1. The van der Waals surface area contributed by atoms with Crippen LogP contribution in [0.5, 0.6) is 11.5 Å². The molecule has 2 unspecified atom stereocenters. The maximum absolute atomic E-state index is 14.4. The Morgan fingerprint density at radius 3 is 2.38 bits per heavy atom. The van der Waals surface area contributed by atoms with Gasteiger partial charge in [0.15, 0.2) is 5.78 Å². The van der Waals surface area contributed by atoms with Crippen LogP contribution in [0.25, 0.3) is 5.69 Å². The molecule has 8 nitrogen and oxygen atoms in total. The number of phenolic OH excluding ortho intramolecular Hbond substituents is 1. The molecule has 1 N–H and O–H groups in total. The summed E-state index contributed by atoms with van der Waals surface area (Å²) in [6.07, 6.45) is 5.36. The van der Waals surface area contributed by atoms with Gasteiger partial charge in [-0.25, -0.2) is 4.68 Å². The normalized spacial score (nSPS) is 16.6. The molecule has 11 heteroatoms. The molecule has 282 valence electrons. The number of alkyl halides is 3. The van der Waals surface area contributed by atoms with Gasteiger partial charge in [-0.2, -0.15) is 5.10 Å². The number of aliphatic imine (C=N–C) groups is 1. The minimum atomic E-state index is -4.87. The van der Waals surface area contributed by atoms with Crippen LogP contribution in [-0.2, 0) is 17.6 Å². The predicted molar refractivity (Wildman–Crippen MR) is 199 cm³/mol. The average Bonchev–Trinajstić information content (AvgIpc) is 3.43. The lowest BCUT2D eigenvalue weighted by molar-refractivity contribution is -0.274. The number of fused-ring (bicyclic) bond motifs is 1. The summed E-state index contributed by atoms with van der Waals surface area (Å²) in [6.45, 7) is 16.8. The number of hydrogen-bond donors (Lipinski definition) is 1. The number of benzene rings is 2. The Bertz CT molecular complexity index is 1770. The highest BCUT2D eigenvalue weighted by molar-refractivity contribution is 6.01. The number of rotatable bonds is 12. The van der Waals surface area contributed by atoms with Crippen LogP contribution in [-0.4, -0.2) is 50.6 Å². The van der Waals surface area contributed by atoms with E-state index in [9.17, 15) is 27.9 Å². The number of phenols is 1. The van der Waals surface area contributed by atoms with E-state index in [1.165, 1.54) is 38.5 Å². The Hall–Kier alpha value is -4.41. The minimum Gasteiger partial charge on any atom is -0.506 e. The number of aromatic hydroxyl groups is 1. The molecule has 2 heterocycles. The maximum atomic E-state index is 14.4. The van der Waals surface area contributed by atoms with E-state index < -0.39 is 6.36 Å². The van der Waals surface area contributed by atoms with E-state index in [1.807, 2.05) is 42.5 Å². The van der Waals surface area contributed by atoms with Gasteiger partial charge in [0.05, 0.1) is 28.7 Å². The fourth-order valence-corrected chi connectivity index (χ4v) is 6.67. The van der Waals surface area contributed by atoms with Crippen LogP contribution in [0.15, 0.2) is 48.0 Å². The number of hydrogen-bond acceptors (Lipinski definition) is 6. The van der Waals surface area contributed by atoms with Crippen molar-refractivity contribution in [2.24, 2.45) is 16.8 Å². The molecule has 1 fully saturated rings. The van der Waals surface area contributed by atoms with Crippen molar-refractivity contribution in [3.05, 3.63) is 76.6 Å². The van der Waals surface area contributed by atoms with E-state index in [2.05, 4.69) is 36.2 Å². The van der Waals surface area contributed by atoms with Gasteiger partial charge >= 0.3 is 6.36 Å². The third kappa shape index (κ3) is 9.52. The quantitative estimate of drug-likeness (QED) is 0.148. The predicted octanol–water partition coefficient (Wildman–Crippen LogP) is 10.3. The second kappa shape index (κ2) is 17.4. The molecule has 2 atom stereocenters. The number of aryl methyl sites for hydroxylation is 1. The van der Waals surface area contributed by atoms with Crippen LogP contribution < -0.4 is 4.74 Å². The first kappa shape index (κ1) is 40.4. The van der Waals surface area contributed by atoms with Crippen LogP contribution in [0.4, 0.5) is 18.9 Å². The van der Waals surface area contributed by atoms with Crippen molar-refractivity contribution in [1.82, 2.24) is 14.7 Å². The zero-order chi connectivity index (χ0) is 38.3. The number of ether oxygens (including phenoxy) is 1. The van der Waals surface area contributed by atoms with Crippen molar-refractivity contribution in [3.63, 3.8) is 0 Å². The molecule has 0 radical (unpaired) electrons. The van der Waals surface area contributed by atoms with Crippen LogP contribution in [0.2, 0.25) is 0 Å². The van der Waals surface area contributed by atoms with E-state index >= 15 is 0 Å². The van der Waals surface area contributed by atoms with Crippen molar-refractivity contribution >= 4 is 23.6 Å². The monoisotopic (exact) mass is 722 g/mol. The summed E-state index contributed by atoms with van der Waals surface area (Å²) in [7, 11) is 0. The number of carbonyl (C=O) groups excluding carboxylic acids is 2. The largest absolute Gasteiger partial charge is 0.573 e. The standard InChI is InChI=1S/C37H47F3N4O3.C4H6O/c1-7-23(5)12-15-28-34-29(8-2)43(19-18-31(34)44(42-28)30-16-13-26(20-32(30)45)25-10-9-11-25)36(46)27-14-17-33(47-37(38,39)40)24(6)35(27)41-21-22(3)4;1-3-4(2)5/h13-14,16-17,20-23,25,29,45H,7-12,15,18-19H2,1-6H3;3H,1H2,2H3. The Labute approximate surface area is 305 Å². The zero-order valence-corrected chi connectivity index (χ0v) is 31.5. The molecule has 1 aromatic heterocycles. The average molecular weight is 723 g/mol. The first-order valence-electron chi connectivity index (χ1n) is 18.4. The molecular weight excluding hydrogens is 669 g/mol. The SMILES string of the molecule is C=CC(C)=O.CCC(C)CCc1nn(-c2ccc(C3CCC3)cc2O)c2c1C(CC)N(C(=O)c1ccc(OC(F)(F)F)c(C)c1N=CC(C)C)CC2. The Balaban J connectivity index is 0.00000113. The van der Waals surface area contributed by atoms with Gasteiger partial charge in [0.1, 0.15) is 17.2 Å². The maximum Gasteiger partial charge on any atom is 0.573 e. The lowest BCUT2D eigenvalue weighted by Crippen LogP contribution is -2.40. The summed E-state index contributed by atoms with van der Waals surface area (Å²) in [4.78, 5) is 30.4. The topological polar surface area (TPSA) is 97.0 Å². The van der Waals surface area contributed by atoms with Gasteiger partial charge in [0.25, 0.3) is 5.91 Å². The number of halogens is 3. The van der Waals surface area contributed by atoms with Crippen molar-refractivity contribution in [2.75, 3.05) is 6.54 Å². The smallest absolute Gasteiger partial charge is 0.506 e. The second-order valence-corrected chi connectivity index (χ2v) is 14.3. The summed E-state index contributed by atoms with van der Waals surface area (Å²) in [5.74, 6) is 0.541. The second-order valence-electron chi connectivity index (χ2n) is 14.3. The molecule has 3 aromatic rings. The summed E-state index contributed by atoms with van der Waals surface area (Å²) in [5, 5.41) is 16.3. The van der Waals surface area contributed by atoms with Gasteiger partial charge in [-0.1, -0.05) is 60.1 Å². The van der Waals surface area contributed by atoms with Crippen LogP contribution in [0, 0.1) is 18.8 Å². The van der Waals surface area contributed by atoms with Gasteiger partial charge in [0.2, 0.25) is 0 Å². The van der Waals surface area contributed by atoms with Crippen molar-refractivity contribution < 1.29 is 32.6 Å². The lowest BCUT2D eigenvalue weighted by atomic mass is 9.80. The molecule has 0 saturated heterocycles. The Morgan fingerprint density at radius 1 is 1.15 bits per heavy atom. The summed E-state index contributed by atoms with van der Waals surface area (Å²) >= 11 is 0. The van der Waals surface area contributed by atoms with E-state index in [0.29, 0.717) is 36.9 Å². The number of nitrogens with zero attached hydrogens (tertiary/aromatic N) is 4. The van der Waals surface area contributed by atoms with Crippen LogP contribution in [0.1, 0.15) is 130 Å². The van der Waals surface area contributed by atoms with Gasteiger partial charge in [-0.05, 0) is 99.6 Å². The number of aromatic nitrogens is 2. The van der Waals surface area contributed by atoms with Crippen LogP contribution in [0.3, 0.4) is 0 Å². The molecule has 1 aliphatic carbocycles. The molecule has 5 rings (SSSR count). The first-order chi connectivity index (χ1) is 24.6. The number of allylic oxidation sites excluding steroid dienone is 1. The highest BCUT2D eigenvalue weighted by atomic mass is 19.4. The number of ketones is 1. The zero-order valence-electron chi connectivity index (χ0n) is 31.5. The highest BCUT2D eigenvalue weighted by Crippen LogP contribution is 2.43. The van der Waals surface area contributed by atoms with E-state index in [4.69, 9.17) is 5.10 Å². The minimum absolute atomic E-state index is 0.0172. The summed E-state index contributed by atoms with van der Waals surface area (Å²) < 4.78 is 45.7. The molecule has 2 aromatic carbocycles. The van der Waals surface area contributed by atoms with Gasteiger partial charge in [-0.15, -0.1) is 13.2 Å². The van der Waals surface area contributed by atoms with Crippen molar-refractivity contribution in [2.45, 2.75) is 118 Å². The summed E-state index contributed by atoms with van der Waals surface area (Å²) in [6, 6.07) is 8.20. The fourth-order valence-electron chi connectivity index (χ4n) is 6.67. The van der Waals surface area contributed by atoms with Gasteiger partial charge < -0.3 is 14.7 Å². The molecule has 0 bridgehead atoms. The van der Waals surface area contributed by atoms with Crippen molar-refractivity contribution in [1.29, 1.82) is 0 Å². The third-order valence-corrected chi connectivity index (χ3v) is 10.0. The molecule has 2 aliphatic rings. The van der Waals surface area contributed by atoms with E-state index in [1.54, 1.807) is 6.21 Å².